The summed E-state index contributed by atoms with van der Waals surface area (Å²) in [5.41, 5.74) is 4.02. The zero-order valence-electron chi connectivity index (χ0n) is 13.7. The highest BCUT2D eigenvalue weighted by Crippen LogP contribution is 2.17. The predicted octanol–water partition coefficient (Wildman–Crippen LogP) is 4.59. The number of hydrogen-bond acceptors (Lipinski definition) is 4. The number of aryl methyl sites for hydroxylation is 2. The zero-order valence-corrected chi connectivity index (χ0v) is 13.7. The molecule has 0 atom stereocenters. The molecule has 1 heterocycles. The fourth-order valence-electron chi connectivity index (χ4n) is 2.40. The third-order valence-corrected chi connectivity index (χ3v) is 3.50. The quantitative estimate of drug-likeness (QED) is 0.721. The smallest absolute Gasteiger partial charge is 0.225 e. The fourth-order valence-corrected chi connectivity index (χ4v) is 2.40. The Labute approximate surface area is 140 Å². The Balaban J connectivity index is 1.72. The minimum Gasteiger partial charge on any atom is -0.350 e. The van der Waals surface area contributed by atoms with Crippen LogP contribution in [0.2, 0.25) is 0 Å². The lowest BCUT2D eigenvalue weighted by atomic mass is 10.1. The molecule has 0 saturated carbocycles. The van der Waals surface area contributed by atoms with Crippen LogP contribution in [-0.2, 0) is 6.54 Å². The summed E-state index contributed by atoms with van der Waals surface area (Å²) in [5.74, 6) is 0.960. The topological polar surface area (TPSA) is 49.8 Å². The minimum absolute atomic E-state index is 0.264. The van der Waals surface area contributed by atoms with Crippen molar-refractivity contribution < 1.29 is 4.39 Å². The van der Waals surface area contributed by atoms with Crippen LogP contribution in [0.4, 0.5) is 21.8 Å². The second-order valence-electron chi connectivity index (χ2n) is 5.69. The normalized spacial score (nSPS) is 10.5. The van der Waals surface area contributed by atoms with Gasteiger partial charge >= 0.3 is 0 Å². The molecule has 2 aromatic carbocycles. The summed E-state index contributed by atoms with van der Waals surface area (Å²) in [6.07, 6.45) is 0. The molecule has 122 valence electrons. The molecule has 2 N–H and O–H groups in total. The van der Waals surface area contributed by atoms with Gasteiger partial charge in [0.15, 0.2) is 0 Å². The molecule has 0 spiro atoms. The average Bonchev–Trinajstić information content (AvgIpc) is 2.55. The molecule has 5 heteroatoms. The van der Waals surface area contributed by atoms with Crippen LogP contribution < -0.4 is 10.6 Å². The van der Waals surface area contributed by atoms with Crippen molar-refractivity contribution in [3.05, 3.63) is 77.2 Å². The summed E-state index contributed by atoms with van der Waals surface area (Å²) >= 11 is 0. The molecule has 4 nitrogen and oxygen atoms in total. The number of rotatable bonds is 5. The highest BCUT2D eigenvalue weighted by atomic mass is 19.1. The predicted molar refractivity (Wildman–Crippen MR) is 95.0 cm³/mol. The van der Waals surface area contributed by atoms with Gasteiger partial charge < -0.3 is 10.6 Å². The Morgan fingerprint density at radius 3 is 2.50 bits per heavy atom. The van der Waals surface area contributed by atoms with E-state index >= 15 is 0 Å². The van der Waals surface area contributed by atoms with Gasteiger partial charge in [-0.25, -0.2) is 9.37 Å². The van der Waals surface area contributed by atoms with E-state index in [1.807, 2.05) is 19.1 Å². The third-order valence-electron chi connectivity index (χ3n) is 3.50. The second kappa shape index (κ2) is 7.08. The van der Waals surface area contributed by atoms with E-state index in [2.05, 4.69) is 45.7 Å². The molecule has 0 bridgehead atoms. The van der Waals surface area contributed by atoms with Gasteiger partial charge in [0, 0.05) is 24.0 Å². The highest BCUT2D eigenvalue weighted by Gasteiger charge is 2.03. The van der Waals surface area contributed by atoms with Crippen molar-refractivity contribution in [1.82, 2.24) is 9.97 Å². The summed E-state index contributed by atoms with van der Waals surface area (Å²) in [4.78, 5) is 8.87. The SMILES string of the molecule is Cc1cccc(CNc2nc(C)cc(Nc3ccc(F)cc3)n2)c1. The minimum atomic E-state index is -0.264. The van der Waals surface area contributed by atoms with Gasteiger partial charge in [0.1, 0.15) is 11.6 Å². The molecule has 0 amide bonds. The van der Waals surface area contributed by atoms with Crippen molar-refractivity contribution in [2.24, 2.45) is 0 Å². The Morgan fingerprint density at radius 2 is 1.75 bits per heavy atom. The van der Waals surface area contributed by atoms with Crippen LogP contribution in [0.1, 0.15) is 16.8 Å². The standard InChI is InChI=1S/C19H19FN4/c1-13-4-3-5-15(10-13)12-21-19-22-14(2)11-18(24-19)23-17-8-6-16(20)7-9-17/h3-11H,12H2,1-2H3,(H2,21,22,23,24). The van der Waals surface area contributed by atoms with E-state index in [1.54, 1.807) is 12.1 Å². The maximum Gasteiger partial charge on any atom is 0.225 e. The number of halogens is 1. The summed E-state index contributed by atoms with van der Waals surface area (Å²) in [6, 6.07) is 16.3. The van der Waals surface area contributed by atoms with Gasteiger partial charge in [-0.3, -0.25) is 0 Å². The van der Waals surface area contributed by atoms with Crippen LogP contribution >= 0.6 is 0 Å². The first-order valence-electron chi connectivity index (χ1n) is 7.76. The molecule has 0 saturated heterocycles. The number of benzene rings is 2. The molecular weight excluding hydrogens is 303 g/mol. The first kappa shape index (κ1) is 15.9. The van der Waals surface area contributed by atoms with Gasteiger partial charge in [-0.15, -0.1) is 0 Å². The monoisotopic (exact) mass is 322 g/mol. The van der Waals surface area contributed by atoms with E-state index in [9.17, 15) is 4.39 Å². The van der Waals surface area contributed by atoms with Crippen LogP contribution in [0.25, 0.3) is 0 Å². The number of aromatic nitrogens is 2. The maximum absolute atomic E-state index is 13.0. The number of anilines is 3. The van der Waals surface area contributed by atoms with E-state index < -0.39 is 0 Å². The van der Waals surface area contributed by atoms with E-state index in [4.69, 9.17) is 0 Å². The lowest BCUT2D eigenvalue weighted by Gasteiger charge is -2.10. The average molecular weight is 322 g/mol. The van der Waals surface area contributed by atoms with Gasteiger partial charge in [-0.1, -0.05) is 29.8 Å². The Morgan fingerprint density at radius 1 is 0.958 bits per heavy atom. The highest BCUT2D eigenvalue weighted by molar-refractivity contribution is 5.57. The molecule has 0 radical (unpaired) electrons. The summed E-state index contributed by atoms with van der Waals surface area (Å²) < 4.78 is 13.0. The Hall–Kier alpha value is -2.95. The first-order chi connectivity index (χ1) is 11.6. The van der Waals surface area contributed by atoms with Crippen molar-refractivity contribution >= 4 is 17.5 Å². The largest absolute Gasteiger partial charge is 0.350 e. The molecule has 24 heavy (non-hydrogen) atoms. The van der Waals surface area contributed by atoms with Crippen molar-refractivity contribution in [3.8, 4) is 0 Å². The number of nitrogens with one attached hydrogen (secondary N) is 2. The molecule has 3 aromatic rings. The molecule has 0 aliphatic rings. The molecule has 0 aliphatic heterocycles. The second-order valence-corrected chi connectivity index (χ2v) is 5.69. The molecule has 0 fully saturated rings. The fraction of sp³-hybridized carbons (Fsp3) is 0.158. The van der Waals surface area contributed by atoms with Gasteiger partial charge in [0.2, 0.25) is 5.95 Å². The molecular formula is C19H19FN4. The van der Waals surface area contributed by atoms with Crippen LogP contribution in [-0.4, -0.2) is 9.97 Å². The van der Waals surface area contributed by atoms with Crippen LogP contribution in [0, 0.1) is 19.7 Å². The maximum atomic E-state index is 13.0. The summed E-state index contributed by atoms with van der Waals surface area (Å²) in [5, 5.41) is 6.40. The van der Waals surface area contributed by atoms with Crippen molar-refractivity contribution in [2.45, 2.75) is 20.4 Å². The van der Waals surface area contributed by atoms with E-state index in [-0.39, 0.29) is 5.82 Å². The van der Waals surface area contributed by atoms with Crippen molar-refractivity contribution in [3.63, 3.8) is 0 Å². The van der Waals surface area contributed by atoms with E-state index in [0.717, 1.165) is 11.4 Å². The molecule has 0 unspecified atom stereocenters. The summed E-state index contributed by atoms with van der Waals surface area (Å²) in [7, 11) is 0. The number of nitrogens with zero attached hydrogens (tertiary/aromatic N) is 2. The van der Waals surface area contributed by atoms with Gasteiger partial charge in [-0.05, 0) is 43.7 Å². The third kappa shape index (κ3) is 4.29. The van der Waals surface area contributed by atoms with Gasteiger partial charge in [-0.2, -0.15) is 4.98 Å². The zero-order chi connectivity index (χ0) is 16.9. The van der Waals surface area contributed by atoms with Gasteiger partial charge in [0.25, 0.3) is 0 Å². The Bertz CT molecular complexity index is 831. The molecule has 3 rings (SSSR count). The van der Waals surface area contributed by atoms with E-state index in [1.165, 1.54) is 23.3 Å². The lowest BCUT2D eigenvalue weighted by Crippen LogP contribution is -2.06. The van der Waals surface area contributed by atoms with E-state index in [0.29, 0.717) is 18.3 Å². The van der Waals surface area contributed by atoms with Crippen LogP contribution in [0.15, 0.2) is 54.6 Å². The molecule has 1 aromatic heterocycles. The molecule has 0 aliphatic carbocycles. The Kier molecular flexibility index (Phi) is 4.70. The first-order valence-corrected chi connectivity index (χ1v) is 7.76. The summed E-state index contributed by atoms with van der Waals surface area (Å²) in [6.45, 7) is 4.63. The van der Waals surface area contributed by atoms with Crippen LogP contribution in [0.5, 0.6) is 0 Å². The van der Waals surface area contributed by atoms with Crippen LogP contribution in [0.3, 0.4) is 0 Å². The van der Waals surface area contributed by atoms with Crippen molar-refractivity contribution in [2.75, 3.05) is 10.6 Å². The van der Waals surface area contributed by atoms with Crippen molar-refractivity contribution in [1.29, 1.82) is 0 Å². The van der Waals surface area contributed by atoms with Gasteiger partial charge in [0.05, 0.1) is 0 Å². The lowest BCUT2D eigenvalue weighted by molar-refractivity contribution is 0.628. The number of hydrogen-bond donors (Lipinski definition) is 2.